The lowest BCUT2D eigenvalue weighted by Crippen LogP contribution is -2.34. The minimum atomic E-state index is 0.0623. The van der Waals surface area contributed by atoms with Crippen molar-refractivity contribution >= 4 is 17.0 Å². The van der Waals surface area contributed by atoms with Crippen molar-refractivity contribution in [3.05, 3.63) is 45.9 Å². The zero-order chi connectivity index (χ0) is 15.5. The Labute approximate surface area is 131 Å². The molecule has 0 radical (unpaired) electrons. The average molecular weight is 303 g/mol. The summed E-state index contributed by atoms with van der Waals surface area (Å²) in [6, 6.07) is 8.44. The van der Waals surface area contributed by atoms with Crippen LogP contribution in [-0.4, -0.2) is 11.5 Å². The van der Waals surface area contributed by atoms with Gasteiger partial charge in [-0.15, -0.1) is 11.3 Å². The van der Waals surface area contributed by atoms with E-state index in [0.717, 1.165) is 18.7 Å². The molecule has 1 aromatic carbocycles. The molecule has 0 aliphatic carbocycles. The van der Waals surface area contributed by atoms with Gasteiger partial charge in [0.1, 0.15) is 5.01 Å². The first kappa shape index (κ1) is 16.0. The third-order valence-corrected chi connectivity index (χ3v) is 5.16. The summed E-state index contributed by atoms with van der Waals surface area (Å²) >= 11 is 1.80. The summed E-state index contributed by atoms with van der Waals surface area (Å²) in [6.45, 7) is 9.74. The van der Waals surface area contributed by atoms with E-state index < -0.39 is 0 Å². The number of benzene rings is 1. The molecule has 114 valence electrons. The van der Waals surface area contributed by atoms with Gasteiger partial charge < -0.3 is 11.1 Å². The molecule has 1 atom stereocenters. The number of aromatic nitrogens is 1. The minimum Gasteiger partial charge on any atom is -0.399 e. The van der Waals surface area contributed by atoms with Gasteiger partial charge in [-0.25, -0.2) is 4.98 Å². The van der Waals surface area contributed by atoms with Crippen LogP contribution in [0.25, 0.3) is 0 Å². The van der Waals surface area contributed by atoms with Crippen molar-refractivity contribution in [3.8, 4) is 0 Å². The number of hydrogen-bond acceptors (Lipinski definition) is 4. The van der Waals surface area contributed by atoms with E-state index in [1.165, 1.54) is 15.4 Å². The summed E-state index contributed by atoms with van der Waals surface area (Å²) in [6.07, 6.45) is 3.05. The van der Waals surface area contributed by atoms with Crippen LogP contribution in [0.2, 0.25) is 0 Å². The van der Waals surface area contributed by atoms with Gasteiger partial charge in [-0.05, 0) is 31.0 Å². The molecule has 0 fully saturated rings. The lowest BCUT2D eigenvalue weighted by Gasteiger charge is -2.27. The normalized spacial score (nSPS) is 13.3. The second kappa shape index (κ2) is 6.58. The summed E-state index contributed by atoms with van der Waals surface area (Å²) in [5, 5.41) is 4.77. The summed E-state index contributed by atoms with van der Waals surface area (Å²) < 4.78 is 0. The van der Waals surface area contributed by atoms with Crippen LogP contribution in [0, 0.1) is 0 Å². The molecule has 4 heteroatoms. The SMILES string of the molecule is CCc1cnc(C(C)NCC(C)(C)c2ccc(N)cc2)s1. The lowest BCUT2D eigenvalue weighted by molar-refractivity contribution is 0.435. The number of rotatable bonds is 6. The number of hydrogen-bond donors (Lipinski definition) is 2. The van der Waals surface area contributed by atoms with E-state index in [0.29, 0.717) is 0 Å². The van der Waals surface area contributed by atoms with Crippen molar-refractivity contribution in [1.82, 2.24) is 10.3 Å². The van der Waals surface area contributed by atoms with Gasteiger partial charge in [-0.3, -0.25) is 0 Å². The largest absolute Gasteiger partial charge is 0.399 e. The van der Waals surface area contributed by atoms with E-state index in [1.54, 1.807) is 11.3 Å². The highest BCUT2D eigenvalue weighted by Crippen LogP contribution is 2.25. The number of nitrogens with zero attached hydrogens (tertiary/aromatic N) is 1. The van der Waals surface area contributed by atoms with Gasteiger partial charge in [-0.2, -0.15) is 0 Å². The Morgan fingerprint density at radius 3 is 2.52 bits per heavy atom. The highest BCUT2D eigenvalue weighted by molar-refractivity contribution is 7.11. The quantitative estimate of drug-likeness (QED) is 0.795. The highest BCUT2D eigenvalue weighted by Gasteiger charge is 2.22. The molecule has 0 amide bonds. The van der Waals surface area contributed by atoms with Crippen LogP contribution in [0.3, 0.4) is 0 Å². The molecule has 0 spiro atoms. The van der Waals surface area contributed by atoms with Crippen molar-refractivity contribution in [3.63, 3.8) is 0 Å². The molecule has 3 N–H and O–H groups in total. The molecule has 0 aliphatic rings. The maximum atomic E-state index is 5.76. The number of nitrogens with one attached hydrogen (secondary N) is 1. The Morgan fingerprint density at radius 1 is 1.29 bits per heavy atom. The second-order valence-corrected chi connectivity index (χ2v) is 7.27. The molecular formula is C17H25N3S. The first-order valence-corrected chi connectivity index (χ1v) is 8.28. The molecule has 0 aliphatic heterocycles. The van der Waals surface area contributed by atoms with Crippen molar-refractivity contribution in [2.75, 3.05) is 12.3 Å². The number of aryl methyl sites for hydroxylation is 1. The zero-order valence-corrected chi connectivity index (χ0v) is 14.1. The maximum Gasteiger partial charge on any atom is 0.109 e. The topological polar surface area (TPSA) is 50.9 Å². The predicted octanol–water partition coefficient (Wildman–Crippen LogP) is 3.92. The predicted molar refractivity (Wildman–Crippen MR) is 91.8 cm³/mol. The van der Waals surface area contributed by atoms with Crippen LogP contribution in [0.1, 0.15) is 49.2 Å². The smallest absolute Gasteiger partial charge is 0.109 e. The Morgan fingerprint density at radius 2 is 1.95 bits per heavy atom. The van der Waals surface area contributed by atoms with Crippen LogP contribution in [0.15, 0.2) is 30.5 Å². The van der Waals surface area contributed by atoms with Gasteiger partial charge in [0, 0.05) is 28.7 Å². The zero-order valence-electron chi connectivity index (χ0n) is 13.3. The van der Waals surface area contributed by atoms with Crippen molar-refractivity contribution in [1.29, 1.82) is 0 Å². The van der Waals surface area contributed by atoms with Crippen molar-refractivity contribution < 1.29 is 0 Å². The maximum absolute atomic E-state index is 5.76. The number of thiazole rings is 1. The summed E-state index contributed by atoms with van der Waals surface area (Å²) in [4.78, 5) is 5.86. The van der Waals surface area contributed by atoms with Gasteiger partial charge in [0.05, 0.1) is 6.04 Å². The fourth-order valence-electron chi connectivity index (χ4n) is 2.22. The fraction of sp³-hybridized carbons (Fsp3) is 0.471. The molecular weight excluding hydrogens is 278 g/mol. The first-order chi connectivity index (χ1) is 9.92. The molecule has 1 heterocycles. The van der Waals surface area contributed by atoms with Crippen molar-refractivity contribution in [2.24, 2.45) is 0 Å². The van der Waals surface area contributed by atoms with Gasteiger partial charge in [0.25, 0.3) is 0 Å². The van der Waals surface area contributed by atoms with Gasteiger partial charge in [0.15, 0.2) is 0 Å². The number of anilines is 1. The Balaban J connectivity index is 1.98. The Hall–Kier alpha value is -1.39. The van der Waals surface area contributed by atoms with E-state index in [4.69, 9.17) is 5.73 Å². The van der Waals surface area contributed by atoms with Gasteiger partial charge in [0.2, 0.25) is 0 Å². The van der Waals surface area contributed by atoms with E-state index in [9.17, 15) is 0 Å². The van der Waals surface area contributed by atoms with Crippen LogP contribution in [0.4, 0.5) is 5.69 Å². The molecule has 1 unspecified atom stereocenters. The second-order valence-electron chi connectivity index (χ2n) is 6.13. The number of nitrogen functional groups attached to an aromatic ring is 1. The van der Waals surface area contributed by atoms with E-state index >= 15 is 0 Å². The standard InChI is InChI=1S/C17H25N3S/c1-5-15-10-19-16(21-15)12(2)20-11-17(3,4)13-6-8-14(18)9-7-13/h6-10,12,20H,5,11,18H2,1-4H3. The third kappa shape index (κ3) is 4.05. The van der Waals surface area contributed by atoms with Crippen molar-refractivity contribution in [2.45, 2.75) is 45.6 Å². The number of nitrogens with two attached hydrogens (primary N) is 1. The highest BCUT2D eigenvalue weighted by atomic mass is 32.1. The summed E-state index contributed by atoms with van der Waals surface area (Å²) in [5.41, 5.74) is 7.93. The van der Waals surface area contributed by atoms with E-state index in [1.807, 2.05) is 18.3 Å². The summed E-state index contributed by atoms with van der Waals surface area (Å²) in [7, 11) is 0. The van der Waals surface area contributed by atoms with E-state index in [-0.39, 0.29) is 11.5 Å². The lowest BCUT2D eigenvalue weighted by atomic mass is 9.84. The third-order valence-electron chi connectivity index (χ3n) is 3.83. The Kier molecular flexibility index (Phi) is 5.01. The minimum absolute atomic E-state index is 0.0623. The Bertz CT molecular complexity index is 572. The van der Waals surface area contributed by atoms with Crippen LogP contribution in [-0.2, 0) is 11.8 Å². The molecule has 2 aromatic rings. The molecule has 0 saturated carbocycles. The van der Waals surface area contributed by atoms with Crippen LogP contribution in [0.5, 0.6) is 0 Å². The monoisotopic (exact) mass is 303 g/mol. The first-order valence-electron chi connectivity index (χ1n) is 7.46. The van der Waals surface area contributed by atoms with Gasteiger partial charge in [-0.1, -0.05) is 32.9 Å². The molecule has 3 nitrogen and oxygen atoms in total. The molecule has 2 rings (SSSR count). The van der Waals surface area contributed by atoms with E-state index in [2.05, 4.69) is 50.1 Å². The summed E-state index contributed by atoms with van der Waals surface area (Å²) in [5.74, 6) is 0. The fourth-order valence-corrected chi connectivity index (χ4v) is 3.10. The molecule has 0 saturated heterocycles. The molecule has 1 aromatic heterocycles. The van der Waals surface area contributed by atoms with Gasteiger partial charge >= 0.3 is 0 Å². The molecule has 21 heavy (non-hydrogen) atoms. The van der Waals surface area contributed by atoms with Crippen LogP contribution < -0.4 is 11.1 Å². The average Bonchev–Trinajstić information content (AvgIpc) is 2.94. The van der Waals surface area contributed by atoms with Crippen LogP contribution >= 0.6 is 11.3 Å². The molecule has 0 bridgehead atoms.